The van der Waals surface area contributed by atoms with Crippen LogP contribution in [0.5, 0.6) is 0 Å². The van der Waals surface area contributed by atoms with Gasteiger partial charge in [0.05, 0.1) is 17.1 Å². The number of aryl methyl sites for hydroxylation is 2. The number of hydrogen-bond acceptors (Lipinski definition) is 3. The number of aromatic nitrogens is 2. The van der Waals surface area contributed by atoms with E-state index in [1.807, 2.05) is 19.9 Å². The summed E-state index contributed by atoms with van der Waals surface area (Å²) in [6.07, 6.45) is 4.49. The SMILES string of the molecule is CCc1sc(C(=O)NC(C)c2cn[nH]c2)cc1C. The molecule has 0 saturated heterocycles. The van der Waals surface area contributed by atoms with Gasteiger partial charge in [-0.25, -0.2) is 0 Å². The highest BCUT2D eigenvalue weighted by atomic mass is 32.1. The van der Waals surface area contributed by atoms with Crippen LogP contribution in [0.4, 0.5) is 0 Å². The molecule has 2 N–H and O–H groups in total. The Bertz CT molecular complexity index is 530. The molecule has 96 valence electrons. The molecule has 5 heteroatoms. The van der Waals surface area contributed by atoms with Crippen molar-refractivity contribution in [2.45, 2.75) is 33.2 Å². The molecule has 0 aliphatic carbocycles. The number of nitrogens with zero attached hydrogens (tertiary/aromatic N) is 1. The van der Waals surface area contributed by atoms with E-state index in [0.717, 1.165) is 16.9 Å². The van der Waals surface area contributed by atoms with Gasteiger partial charge in [-0.3, -0.25) is 9.89 Å². The van der Waals surface area contributed by atoms with Gasteiger partial charge in [0.25, 0.3) is 5.91 Å². The van der Waals surface area contributed by atoms with Crippen LogP contribution in [0, 0.1) is 6.92 Å². The number of amides is 1. The predicted octanol–water partition coefficient (Wildman–Crippen LogP) is 2.83. The third-order valence-corrected chi connectivity index (χ3v) is 4.31. The van der Waals surface area contributed by atoms with Crippen LogP contribution in [0.1, 0.15) is 45.6 Å². The van der Waals surface area contributed by atoms with Crippen molar-refractivity contribution >= 4 is 17.2 Å². The topological polar surface area (TPSA) is 57.8 Å². The zero-order valence-corrected chi connectivity index (χ0v) is 11.6. The summed E-state index contributed by atoms with van der Waals surface area (Å²) in [4.78, 5) is 14.2. The first kappa shape index (κ1) is 12.8. The Hall–Kier alpha value is -1.62. The minimum absolute atomic E-state index is 0.0171. The Morgan fingerprint density at radius 1 is 1.61 bits per heavy atom. The Labute approximate surface area is 110 Å². The molecular formula is C13H17N3OS. The van der Waals surface area contributed by atoms with E-state index in [1.165, 1.54) is 10.4 Å². The summed E-state index contributed by atoms with van der Waals surface area (Å²) >= 11 is 1.57. The number of hydrogen-bond donors (Lipinski definition) is 2. The molecule has 0 aromatic carbocycles. The van der Waals surface area contributed by atoms with Crippen LogP contribution in [0.2, 0.25) is 0 Å². The van der Waals surface area contributed by atoms with Gasteiger partial charge >= 0.3 is 0 Å². The molecule has 1 amide bonds. The van der Waals surface area contributed by atoms with E-state index < -0.39 is 0 Å². The summed E-state index contributed by atoms with van der Waals surface area (Å²) in [6.45, 7) is 6.10. The van der Waals surface area contributed by atoms with Gasteiger partial charge in [-0.2, -0.15) is 5.10 Å². The monoisotopic (exact) mass is 263 g/mol. The van der Waals surface area contributed by atoms with E-state index in [1.54, 1.807) is 23.7 Å². The molecule has 1 atom stereocenters. The van der Waals surface area contributed by atoms with Crippen LogP contribution in [-0.2, 0) is 6.42 Å². The molecular weight excluding hydrogens is 246 g/mol. The van der Waals surface area contributed by atoms with Gasteiger partial charge in [-0.15, -0.1) is 11.3 Å². The van der Waals surface area contributed by atoms with Crippen molar-refractivity contribution in [1.29, 1.82) is 0 Å². The zero-order valence-electron chi connectivity index (χ0n) is 10.8. The van der Waals surface area contributed by atoms with Crippen molar-refractivity contribution in [3.05, 3.63) is 39.3 Å². The molecule has 0 aliphatic rings. The molecule has 2 aromatic rings. The van der Waals surface area contributed by atoms with E-state index in [2.05, 4.69) is 22.4 Å². The van der Waals surface area contributed by atoms with Crippen molar-refractivity contribution in [3.8, 4) is 0 Å². The highest BCUT2D eigenvalue weighted by Crippen LogP contribution is 2.23. The van der Waals surface area contributed by atoms with E-state index in [0.29, 0.717) is 0 Å². The smallest absolute Gasteiger partial charge is 0.261 e. The Balaban J connectivity index is 2.07. The lowest BCUT2D eigenvalue weighted by atomic mass is 10.2. The maximum Gasteiger partial charge on any atom is 0.261 e. The number of carbonyl (C=O) groups excluding carboxylic acids is 1. The van der Waals surface area contributed by atoms with Crippen LogP contribution in [-0.4, -0.2) is 16.1 Å². The minimum atomic E-state index is -0.0382. The second-order valence-corrected chi connectivity index (χ2v) is 5.43. The fraction of sp³-hybridized carbons (Fsp3) is 0.385. The zero-order chi connectivity index (χ0) is 13.1. The lowest BCUT2D eigenvalue weighted by Gasteiger charge is -2.10. The van der Waals surface area contributed by atoms with Crippen LogP contribution in [0.25, 0.3) is 0 Å². The number of carbonyl (C=O) groups is 1. The average molecular weight is 263 g/mol. The maximum atomic E-state index is 12.1. The highest BCUT2D eigenvalue weighted by Gasteiger charge is 2.15. The number of rotatable bonds is 4. The summed E-state index contributed by atoms with van der Waals surface area (Å²) in [5, 5.41) is 9.60. The number of H-pyrrole nitrogens is 1. The summed E-state index contributed by atoms with van der Waals surface area (Å²) in [5.41, 5.74) is 2.18. The van der Waals surface area contributed by atoms with Crippen molar-refractivity contribution in [2.24, 2.45) is 0 Å². The van der Waals surface area contributed by atoms with Gasteiger partial charge in [0.2, 0.25) is 0 Å². The molecule has 0 aliphatic heterocycles. The van der Waals surface area contributed by atoms with Crippen molar-refractivity contribution in [2.75, 3.05) is 0 Å². The van der Waals surface area contributed by atoms with E-state index >= 15 is 0 Å². The third kappa shape index (κ3) is 2.61. The standard InChI is InChI=1S/C13H17N3OS/c1-4-11-8(2)5-12(18-11)13(17)16-9(3)10-6-14-15-7-10/h5-7,9H,4H2,1-3H3,(H,14,15)(H,16,17). The van der Waals surface area contributed by atoms with Crippen LogP contribution < -0.4 is 5.32 Å². The average Bonchev–Trinajstić information content (AvgIpc) is 2.97. The van der Waals surface area contributed by atoms with E-state index in [-0.39, 0.29) is 11.9 Å². The Kier molecular flexibility index (Phi) is 3.81. The van der Waals surface area contributed by atoms with E-state index in [9.17, 15) is 4.79 Å². The molecule has 2 aromatic heterocycles. The van der Waals surface area contributed by atoms with E-state index in [4.69, 9.17) is 0 Å². The van der Waals surface area contributed by atoms with Crippen LogP contribution in [0.3, 0.4) is 0 Å². The van der Waals surface area contributed by atoms with Crippen molar-refractivity contribution < 1.29 is 4.79 Å². The third-order valence-electron chi connectivity index (χ3n) is 2.93. The number of thiophene rings is 1. The minimum Gasteiger partial charge on any atom is -0.345 e. The van der Waals surface area contributed by atoms with Crippen LogP contribution in [0.15, 0.2) is 18.5 Å². The predicted molar refractivity (Wildman–Crippen MR) is 72.9 cm³/mol. The molecule has 4 nitrogen and oxygen atoms in total. The molecule has 0 radical (unpaired) electrons. The van der Waals surface area contributed by atoms with Gasteiger partial charge in [0, 0.05) is 16.6 Å². The largest absolute Gasteiger partial charge is 0.345 e. The normalized spacial score (nSPS) is 12.4. The summed E-state index contributed by atoms with van der Waals surface area (Å²) in [5.74, 6) is -0.0171. The fourth-order valence-electron chi connectivity index (χ4n) is 1.83. The van der Waals surface area contributed by atoms with Crippen molar-refractivity contribution in [3.63, 3.8) is 0 Å². The molecule has 2 heterocycles. The highest BCUT2D eigenvalue weighted by molar-refractivity contribution is 7.14. The lowest BCUT2D eigenvalue weighted by molar-refractivity contribution is 0.0944. The second kappa shape index (κ2) is 5.35. The summed E-state index contributed by atoms with van der Waals surface area (Å²) in [6, 6.07) is 1.92. The van der Waals surface area contributed by atoms with Gasteiger partial charge < -0.3 is 5.32 Å². The summed E-state index contributed by atoms with van der Waals surface area (Å²) < 4.78 is 0. The molecule has 2 rings (SSSR count). The molecule has 0 saturated carbocycles. The molecule has 1 unspecified atom stereocenters. The maximum absolute atomic E-state index is 12.1. The first-order valence-electron chi connectivity index (χ1n) is 6.00. The van der Waals surface area contributed by atoms with Crippen molar-refractivity contribution in [1.82, 2.24) is 15.5 Å². The molecule has 0 spiro atoms. The van der Waals surface area contributed by atoms with Crippen LogP contribution >= 0.6 is 11.3 Å². The fourth-order valence-corrected chi connectivity index (χ4v) is 2.85. The number of nitrogens with one attached hydrogen (secondary N) is 2. The second-order valence-electron chi connectivity index (χ2n) is 4.30. The quantitative estimate of drug-likeness (QED) is 0.891. The Morgan fingerprint density at radius 2 is 2.39 bits per heavy atom. The first-order valence-corrected chi connectivity index (χ1v) is 6.82. The van der Waals surface area contributed by atoms with Gasteiger partial charge in [-0.05, 0) is 31.9 Å². The Morgan fingerprint density at radius 3 is 2.94 bits per heavy atom. The number of aromatic amines is 1. The van der Waals surface area contributed by atoms with Gasteiger partial charge in [-0.1, -0.05) is 6.92 Å². The van der Waals surface area contributed by atoms with Gasteiger partial charge in [0.1, 0.15) is 0 Å². The molecule has 18 heavy (non-hydrogen) atoms. The van der Waals surface area contributed by atoms with Gasteiger partial charge in [0.15, 0.2) is 0 Å². The lowest BCUT2D eigenvalue weighted by Crippen LogP contribution is -2.25. The first-order chi connectivity index (χ1) is 8.61. The molecule has 0 bridgehead atoms. The summed E-state index contributed by atoms with van der Waals surface area (Å²) in [7, 11) is 0. The molecule has 0 fully saturated rings.